The number of rotatable bonds is 5. The lowest BCUT2D eigenvalue weighted by atomic mass is 10.1. The van der Waals surface area contributed by atoms with Crippen LogP contribution in [0.5, 0.6) is 0 Å². The minimum absolute atomic E-state index is 0.0520. The summed E-state index contributed by atoms with van der Waals surface area (Å²) in [4.78, 5) is 0. The van der Waals surface area contributed by atoms with Crippen LogP contribution in [-0.2, 0) is 16.8 Å². The first kappa shape index (κ1) is 15.6. The van der Waals surface area contributed by atoms with E-state index < -0.39 is 10.2 Å². The number of halogens is 1. The molecule has 1 aliphatic rings. The van der Waals surface area contributed by atoms with Crippen LogP contribution in [-0.4, -0.2) is 31.2 Å². The molecule has 1 aromatic rings. The van der Waals surface area contributed by atoms with E-state index in [1.807, 2.05) is 38.1 Å². The largest absolute Gasteiger partial charge is 0.304 e. The minimum atomic E-state index is -3.43. The second-order valence-corrected chi connectivity index (χ2v) is 7.43. The Morgan fingerprint density at radius 3 is 2.60 bits per heavy atom. The van der Waals surface area contributed by atoms with Crippen molar-refractivity contribution in [3.8, 4) is 0 Å². The van der Waals surface area contributed by atoms with Gasteiger partial charge < -0.3 is 0 Å². The number of benzene rings is 1. The Morgan fingerprint density at radius 1 is 1.25 bits per heavy atom. The average Bonchev–Trinajstić information content (AvgIpc) is 2.40. The standard InChI is InChI=1S/C14H21ClN2O2S/c1-12(2)17-11-13-7-3-4-8-14(13)16(20(17,18)19)10-6-5-9-15/h3-4,7-8,12H,5-6,9-11H2,1-2H3. The molecular formula is C14H21ClN2O2S. The maximum atomic E-state index is 12.7. The number of anilines is 1. The molecule has 112 valence electrons. The number of fused-ring (bicyclic) bond motifs is 1. The van der Waals surface area contributed by atoms with E-state index in [1.54, 1.807) is 4.31 Å². The van der Waals surface area contributed by atoms with Crippen LogP contribution >= 0.6 is 11.6 Å². The molecule has 0 fully saturated rings. The van der Waals surface area contributed by atoms with Crippen molar-refractivity contribution in [2.24, 2.45) is 0 Å². The molecular weight excluding hydrogens is 296 g/mol. The van der Waals surface area contributed by atoms with Crippen molar-refractivity contribution in [2.75, 3.05) is 16.7 Å². The molecule has 0 N–H and O–H groups in total. The van der Waals surface area contributed by atoms with Gasteiger partial charge in [0.1, 0.15) is 0 Å². The SMILES string of the molecule is CC(C)N1Cc2ccccc2N(CCCCCl)S1(=O)=O. The Kier molecular flexibility index (Phi) is 4.94. The quantitative estimate of drug-likeness (QED) is 0.619. The summed E-state index contributed by atoms with van der Waals surface area (Å²) in [6.45, 7) is 4.74. The van der Waals surface area contributed by atoms with Crippen molar-refractivity contribution in [1.29, 1.82) is 0 Å². The monoisotopic (exact) mass is 316 g/mol. The molecule has 1 aliphatic heterocycles. The minimum Gasteiger partial charge on any atom is -0.257 e. The summed E-state index contributed by atoms with van der Waals surface area (Å²) < 4.78 is 28.5. The maximum Gasteiger partial charge on any atom is 0.304 e. The number of alkyl halides is 1. The van der Waals surface area contributed by atoms with E-state index in [2.05, 4.69) is 0 Å². The van der Waals surface area contributed by atoms with Crippen LogP contribution in [0.4, 0.5) is 5.69 Å². The molecule has 2 rings (SSSR count). The first-order valence-electron chi connectivity index (χ1n) is 6.92. The predicted molar refractivity (Wildman–Crippen MR) is 83.3 cm³/mol. The highest BCUT2D eigenvalue weighted by Crippen LogP contribution is 2.33. The molecule has 0 saturated carbocycles. The number of hydrogen-bond donors (Lipinski definition) is 0. The van der Waals surface area contributed by atoms with E-state index in [-0.39, 0.29) is 6.04 Å². The summed E-state index contributed by atoms with van der Waals surface area (Å²) in [6, 6.07) is 7.66. The van der Waals surface area contributed by atoms with E-state index in [1.165, 1.54) is 4.31 Å². The fourth-order valence-electron chi connectivity index (χ4n) is 2.42. The van der Waals surface area contributed by atoms with Gasteiger partial charge in [-0.1, -0.05) is 18.2 Å². The van der Waals surface area contributed by atoms with Gasteiger partial charge in [0.25, 0.3) is 0 Å². The highest BCUT2D eigenvalue weighted by molar-refractivity contribution is 7.90. The Morgan fingerprint density at radius 2 is 1.95 bits per heavy atom. The van der Waals surface area contributed by atoms with Gasteiger partial charge in [-0.2, -0.15) is 12.7 Å². The van der Waals surface area contributed by atoms with E-state index in [4.69, 9.17) is 11.6 Å². The number of hydrogen-bond acceptors (Lipinski definition) is 2. The average molecular weight is 317 g/mol. The van der Waals surface area contributed by atoms with Gasteiger partial charge in [0.15, 0.2) is 0 Å². The van der Waals surface area contributed by atoms with Crippen LogP contribution in [0.1, 0.15) is 32.3 Å². The molecule has 6 heteroatoms. The fourth-order valence-corrected chi connectivity index (χ4v) is 4.49. The molecule has 1 heterocycles. The molecule has 0 aromatic heterocycles. The van der Waals surface area contributed by atoms with Crippen LogP contribution in [0, 0.1) is 0 Å². The Balaban J connectivity index is 2.38. The third-order valence-corrected chi connectivity index (χ3v) is 5.83. The van der Waals surface area contributed by atoms with Crippen molar-refractivity contribution in [3.05, 3.63) is 29.8 Å². The lowest BCUT2D eigenvalue weighted by Gasteiger charge is -2.39. The van der Waals surface area contributed by atoms with Crippen molar-refractivity contribution < 1.29 is 8.42 Å². The van der Waals surface area contributed by atoms with Crippen molar-refractivity contribution in [2.45, 2.75) is 39.3 Å². The summed E-state index contributed by atoms with van der Waals surface area (Å²) in [7, 11) is -3.43. The van der Waals surface area contributed by atoms with Crippen LogP contribution in [0.15, 0.2) is 24.3 Å². The molecule has 20 heavy (non-hydrogen) atoms. The smallest absolute Gasteiger partial charge is 0.257 e. The molecule has 0 saturated heterocycles. The summed E-state index contributed by atoms with van der Waals surface area (Å²) >= 11 is 5.69. The van der Waals surface area contributed by atoms with Gasteiger partial charge >= 0.3 is 10.2 Å². The zero-order valence-corrected chi connectivity index (χ0v) is 13.5. The summed E-state index contributed by atoms with van der Waals surface area (Å²) in [5.41, 5.74) is 1.86. The van der Waals surface area contributed by atoms with Crippen molar-refractivity contribution >= 4 is 27.5 Å². The number of para-hydroxylation sites is 1. The third-order valence-electron chi connectivity index (χ3n) is 3.48. The van der Waals surface area contributed by atoms with Gasteiger partial charge in [-0.25, -0.2) is 0 Å². The van der Waals surface area contributed by atoms with Crippen molar-refractivity contribution in [3.63, 3.8) is 0 Å². The van der Waals surface area contributed by atoms with E-state index in [9.17, 15) is 8.42 Å². The summed E-state index contributed by atoms with van der Waals surface area (Å²) in [5.74, 6) is 0.559. The van der Waals surface area contributed by atoms with Crippen LogP contribution < -0.4 is 4.31 Å². The fraction of sp³-hybridized carbons (Fsp3) is 0.571. The predicted octanol–water partition coefficient (Wildman–Crippen LogP) is 2.98. The van der Waals surface area contributed by atoms with Gasteiger partial charge in [-0.3, -0.25) is 4.31 Å². The zero-order chi connectivity index (χ0) is 14.8. The summed E-state index contributed by atoms with van der Waals surface area (Å²) in [6.07, 6.45) is 1.58. The Hall–Kier alpha value is -0.780. The molecule has 0 aliphatic carbocycles. The lowest BCUT2D eigenvalue weighted by molar-refractivity contribution is 0.340. The highest BCUT2D eigenvalue weighted by Gasteiger charge is 2.37. The van der Waals surface area contributed by atoms with Gasteiger partial charge in [0.2, 0.25) is 0 Å². The first-order chi connectivity index (χ1) is 9.48. The van der Waals surface area contributed by atoms with Crippen molar-refractivity contribution in [1.82, 2.24) is 4.31 Å². The second kappa shape index (κ2) is 6.33. The molecule has 0 unspecified atom stereocenters. The van der Waals surface area contributed by atoms with E-state index in [0.717, 1.165) is 24.1 Å². The van der Waals surface area contributed by atoms with Gasteiger partial charge in [0.05, 0.1) is 5.69 Å². The second-order valence-electron chi connectivity index (χ2n) is 5.24. The third kappa shape index (κ3) is 2.95. The molecule has 0 spiro atoms. The normalized spacial score (nSPS) is 18.3. The highest BCUT2D eigenvalue weighted by atomic mass is 35.5. The summed E-state index contributed by atoms with van der Waals surface area (Å²) in [5, 5.41) is 0. The molecule has 0 radical (unpaired) electrons. The lowest BCUT2D eigenvalue weighted by Crippen LogP contribution is -2.50. The van der Waals surface area contributed by atoms with Crippen LogP contribution in [0.3, 0.4) is 0 Å². The molecule has 0 amide bonds. The van der Waals surface area contributed by atoms with Gasteiger partial charge in [-0.05, 0) is 38.3 Å². The number of unbranched alkanes of at least 4 members (excludes halogenated alkanes) is 1. The van der Waals surface area contributed by atoms with Gasteiger partial charge in [0, 0.05) is 25.0 Å². The molecule has 4 nitrogen and oxygen atoms in total. The zero-order valence-electron chi connectivity index (χ0n) is 11.9. The maximum absolute atomic E-state index is 12.7. The van der Waals surface area contributed by atoms with Crippen LogP contribution in [0.2, 0.25) is 0 Å². The number of nitrogens with zero attached hydrogens (tertiary/aromatic N) is 2. The molecule has 0 atom stereocenters. The van der Waals surface area contributed by atoms with Crippen LogP contribution in [0.25, 0.3) is 0 Å². The molecule has 1 aromatic carbocycles. The first-order valence-corrected chi connectivity index (χ1v) is 8.85. The van der Waals surface area contributed by atoms with E-state index >= 15 is 0 Å². The molecule has 0 bridgehead atoms. The van der Waals surface area contributed by atoms with E-state index in [0.29, 0.717) is 19.0 Å². The topological polar surface area (TPSA) is 40.6 Å². The Labute approximate surface area is 126 Å². The van der Waals surface area contributed by atoms with Gasteiger partial charge in [-0.15, -0.1) is 11.6 Å². The Bertz CT molecular complexity index is 560.